The highest BCUT2D eigenvalue weighted by atomic mass is 16.1. The van der Waals surface area contributed by atoms with Gasteiger partial charge >= 0.3 is 0 Å². The summed E-state index contributed by atoms with van der Waals surface area (Å²) in [4.78, 5) is 10.6. The first-order chi connectivity index (χ1) is 6.09. The molecule has 2 fully saturated rings. The molecule has 2 saturated carbocycles. The Kier molecular flexibility index (Phi) is 1.73. The van der Waals surface area contributed by atoms with E-state index in [1.165, 1.54) is 17.6 Å². The maximum absolute atomic E-state index is 10.6. The molecular weight excluding hydrogens is 160 g/mol. The monoisotopic (exact) mass is 176 g/mol. The molecule has 0 saturated heterocycles. The van der Waals surface area contributed by atoms with Gasteiger partial charge in [0.2, 0.25) is 0 Å². The van der Waals surface area contributed by atoms with Crippen LogP contribution in [0.5, 0.6) is 0 Å². The molecule has 3 atom stereocenters. The topological polar surface area (TPSA) is 17.1 Å². The molecule has 13 heavy (non-hydrogen) atoms. The van der Waals surface area contributed by atoms with E-state index in [0.717, 1.165) is 12.7 Å². The standard InChI is InChI=1S/C12H16O/c1-8-6-10-7-11(8)12(3,4-5-13)9(10)2/h5,10-11H,1-2,4,6-7H2,3H3. The number of rotatable bonds is 2. The Morgan fingerprint density at radius 3 is 2.85 bits per heavy atom. The molecule has 0 aliphatic heterocycles. The van der Waals surface area contributed by atoms with Gasteiger partial charge in [0.15, 0.2) is 0 Å². The van der Waals surface area contributed by atoms with Gasteiger partial charge in [-0.2, -0.15) is 0 Å². The first-order valence-electron chi connectivity index (χ1n) is 4.90. The Balaban J connectivity index is 2.34. The summed E-state index contributed by atoms with van der Waals surface area (Å²) in [5.74, 6) is 1.14. The molecule has 0 heterocycles. The Morgan fingerprint density at radius 2 is 2.31 bits per heavy atom. The second kappa shape index (κ2) is 2.57. The Morgan fingerprint density at radius 1 is 1.62 bits per heavy atom. The van der Waals surface area contributed by atoms with Crippen molar-refractivity contribution in [3.8, 4) is 0 Å². The highest BCUT2D eigenvalue weighted by Gasteiger charge is 2.52. The van der Waals surface area contributed by atoms with Crippen LogP contribution in [0.25, 0.3) is 0 Å². The zero-order valence-electron chi connectivity index (χ0n) is 8.18. The molecule has 2 rings (SSSR count). The summed E-state index contributed by atoms with van der Waals surface area (Å²) in [6, 6.07) is 0. The predicted octanol–water partition coefficient (Wildman–Crippen LogP) is 2.73. The molecule has 2 aliphatic rings. The zero-order chi connectivity index (χ0) is 9.64. The summed E-state index contributed by atoms with van der Waals surface area (Å²) in [6.07, 6.45) is 3.94. The number of allylic oxidation sites excluding steroid dienone is 2. The molecule has 2 bridgehead atoms. The molecule has 0 spiro atoms. The van der Waals surface area contributed by atoms with Crippen molar-refractivity contribution < 1.29 is 4.79 Å². The van der Waals surface area contributed by atoms with Crippen LogP contribution in [-0.2, 0) is 4.79 Å². The molecule has 3 unspecified atom stereocenters. The van der Waals surface area contributed by atoms with Crippen LogP contribution in [0.2, 0.25) is 0 Å². The van der Waals surface area contributed by atoms with Crippen LogP contribution in [0, 0.1) is 17.3 Å². The largest absolute Gasteiger partial charge is 0.303 e. The molecule has 0 radical (unpaired) electrons. The van der Waals surface area contributed by atoms with Crippen molar-refractivity contribution in [3.05, 3.63) is 24.3 Å². The van der Waals surface area contributed by atoms with Gasteiger partial charge in [0.25, 0.3) is 0 Å². The van der Waals surface area contributed by atoms with Gasteiger partial charge in [-0.3, -0.25) is 0 Å². The molecule has 0 aromatic heterocycles. The van der Waals surface area contributed by atoms with Crippen LogP contribution < -0.4 is 0 Å². The third kappa shape index (κ3) is 0.962. The molecule has 2 aliphatic carbocycles. The van der Waals surface area contributed by atoms with Gasteiger partial charge in [0, 0.05) is 11.8 Å². The van der Waals surface area contributed by atoms with Crippen LogP contribution >= 0.6 is 0 Å². The van der Waals surface area contributed by atoms with E-state index in [-0.39, 0.29) is 5.41 Å². The lowest BCUT2D eigenvalue weighted by Gasteiger charge is -2.35. The molecule has 0 aromatic carbocycles. The number of hydrogen-bond acceptors (Lipinski definition) is 1. The maximum Gasteiger partial charge on any atom is 0.120 e. The van der Waals surface area contributed by atoms with Crippen LogP contribution in [0.4, 0.5) is 0 Å². The molecular formula is C12H16O. The Bertz CT molecular complexity index is 289. The summed E-state index contributed by atoms with van der Waals surface area (Å²) in [7, 11) is 0. The molecule has 1 heteroatoms. The average molecular weight is 176 g/mol. The molecule has 70 valence electrons. The van der Waals surface area contributed by atoms with Gasteiger partial charge in [0.1, 0.15) is 6.29 Å². The minimum Gasteiger partial charge on any atom is -0.303 e. The predicted molar refractivity (Wildman–Crippen MR) is 53.3 cm³/mol. The third-order valence-corrected chi connectivity index (χ3v) is 4.02. The minimum atomic E-state index is 0.0295. The summed E-state index contributed by atoms with van der Waals surface area (Å²) < 4.78 is 0. The number of fused-ring (bicyclic) bond motifs is 2. The average Bonchev–Trinajstić information content (AvgIpc) is 2.54. The van der Waals surface area contributed by atoms with Crippen molar-refractivity contribution in [2.75, 3.05) is 0 Å². The van der Waals surface area contributed by atoms with Crippen LogP contribution in [-0.4, -0.2) is 6.29 Å². The number of carbonyl (C=O) groups excluding carboxylic acids is 1. The van der Waals surface area contributed by atoms with Gasteiger partial charge in [-0.25, -0.2) is 0 Å². The van der Waals surface area contributed by atoms with Crippen molar-refractivity contribution in [2.45, 2.75) is 26.2 Å². The van der Waals surface area contributed by atoms with Gasteiger partial charge in [-0.05, 0) is 24.7 Å². The molecule has 1 nitrogen and oxygen atoms in total. The van der Waals surface area contributed by atoms with E-state index in [9.17, 15) is 4.79 Å². The normalized spacial score (nSPS) is 42.8. The third-order valence-electron chi connectivity index (χ3n) is 4.02. The Labute approximate surface area is 79.5 Å². The van der Waals surface area contributed by atoms with E-state index in [1.807, 2.05) is 0 Å². The highest BCUT2D eigenvalue weighted by molar-refractivity contribution is 5.54. The van der Waals surface area contributed by atoms with Crippen molar-refractivity contribution in [1.82, 2.24) is 0 Å². The highest BCUT2D eigenvalue weighted by Crippen LogP contribution is 2.61. The molecule has 0 amide bonds. The summed E-state index contributed by atoms with van der Waals surface area (Å²) >= 11 is 0. The van der Waals surface area contributed by atoms with Gasteiger partial charge in [-0.1, -0.05) is 31.2 Å². The summed E-state index contributed by atoms with van der Waals surface area (Å²) in [5, 5.41) is 0. The number of carbonyl (C=O) groups is 1. The van der Waals surface area contributed by atoms with E-state index in [0.29, 0.717) is 18.3 Å². The van der Waals surface area contributed by atoms with Crippen LogP contribution in [0.1, 0.15) is 26.2 Å². The van der Waals surface area contributed by atoms with Crippen LogP contribution in [0.15, 0.2) is 24.3 Å². The fraction of sp³-hybridized carbons (Fsp3) is 0.583. The molecule has 0 aromatic rings. The minimum absolute atomic E-state index is 0.0295. The SMILES string of the molecule is C=C1CC2CC1C(C)(CC=O)C2=C. The van der Waals surface area contributed by atoms with Gasteiger partial charge < -0.3 is 4.79 Å². The van der Waals surface area contributed by atoms with Gasteiger partial charge in [0.05, 0.1) is 0 Å². The van der Waals surface area contributed by atoms with Gasteiger partial charge in [-0.15, -0.1) is 0 Å². The molecule has 0 N–H and O–H groups in total. The number of aldehydes is 1. The fourth-order valence-corrected chi connectivity index (χ4v) is 3.11. The lowest BCUT2D eigenvalue weighted by Crippen LogP contribution is -2.27. The first kappa shape index (κ1) is 8.74. The van der Waals surface area contributed by atoms with Crippen molar-refractivity contribution >= 4 is 6.29 Å². The quantitative estimate of drug-likeness (QED) is 0.467. The summed E-state index contributed by atoms with van der Waals surface area (Å²) in [5.41, 5.74) is 2.65. The summed E-state index contributed by atoms with van der Waals surface area (Å²) in [6.45, 7) is 10.4. The Hall–Kier alpha value is -0.850. The second-order valence-electron chi connectivity index (χ2n) is 4.66. The van der Waals surface area contributed by atoms with E-state index in [1.54, 1.807) is 0 Å². The van der Waals surface area contributed by atoms with Crippen molar-refractivity contribution in [1.29, 1.82) is 0 Å². The van der Waals surface area contributed by atoms with E-state index in [2.05, 4.69) is 20.1 Å². The van der Waals surface area contributed by atoms with E-state index in [4.69, 9.17) is 0 Å². The van der Waals surface area contributed by atoms with E-state index < -0.39 is 0 Å². The van der Waals surface area contributed by atoms with Crippen molar-refractivity contribution in [3.63, 3.8) is 0 Å². The maximum atomic E-state index is 10.6. The first-order valence-corrected chi connectivity index (χ1v) is 4.90. The zero-order valence-corrected chi connectivity index (χ0v) is 8.18. The second-order valence-corrected chi connectivity index (χ2v) is 4.66. The smallest absolute Gasteiger partial charge is 0.120 e. The lowest BCUT2D eigenvalue weighted by atomic mass is 9.68. The number of hydrogen-bond donors (Lipinski definition) is 0. The van der Waals surface area contributed by atoms with Crippen LogP contribution in [0.3, 0.4) is 0 Å². The lowest BCUT2D eigenvalue weighted by molar-refractivity contribution is -0.109. The fourth-order valence-electron chi connectivity index (χ4n) is 3.11. The van der Waals surface area contributed by atoms with Crippen molar-refractivity contribution in [2.24, 2.45) is 17.3 Å². The van der Waals surface area contributed by atoms with E-state index >= 15 is 0 Å².